The molecule has 0 bridgehead atoms. The molecule has 4 unspecified atom stereocenters. The van der Waals surface area contributed by atoms with Crippen LogP contribution in [0.1, 0.15) is 61.8 Å². The normalized spacial score (nSPS) is 25.5. The fourth-order valence-electron chi connectivity index (χ4n) is 5.41. The van der Waals surface area contributed by atoms with Crippen LogP contribution < -0.4 is 5.32 Å². The molecule has 182 valence electrons. The number of amides is 1. The predicted octanol–water partition coefficient (Wildman–Crippen LogP) is 5.06. The minimum Gasteiger partial charge on any atom is -0.387 e. The second-order valence-electron chi connectivity index (χ2n) is 9.73. The van der Waals surface area contributed by atoms with Crippen LogP contribution >= 0.6 is 11.3 Å². The van der Waals surface area contributed by atoms with E-state index in [1.54, 1.807) is 11.3 Å². The first kappa shape index (κ1) is 24.0. The molecule has 2 saturated heterocycles. The Morgan fingerprint density at radius 3 is 2.89 bits per heavy atom. The number of nitrogens with one attached hydrogen (secondary N) is 1. The lowest BCUT2D eigenvalue weighted by Gasteiger charge is -2.21. The maximum absolute atomic E-state index is 13.3. The fraction of sp³-hybridized carbons (Fsp3) is 0.414. The summed E-state index contributed by atoms with van der Waals surface area (Å²) in [6.07, 6.45) is 13.1. The maximum Gasteiger partial charge on any atom is 0.253 e. The first-order valence-corrected chi connectivity index (χ1v) is 13.6. The van der Waals surface area contributed by atoms with Crippen LogP contribution in [0.3, 0.4) is 0 Å². The quantitative estimate of drug-likeness (QED) is 0.559. The van der Waals surface area contributed by atoms with Crippen molar-refractivity contribution in [1.29, 1.82) is 0 Å². The van der Waals surface area contributed by atoms with Crippen LogP contribution in [0.4, 0.5) is 0 Å². The summed E-state index contributed by atoms with van der Waals surface area (Å²) in [6.45, 7) is 1.57. The summed E-state index contributed by atoms with van der Waals surface area (Å²) in [5.41, 5.74) is 9.18. The van der Waals surface area contributed by atoms with Crippen LogP contribution in [0.2, 0.25) is 0 Å². The van der Waals surface area contributed by atoms with Gasteiger partial charge in [0.25, 0.3) is 5.91 Å². The summed E-state index contributed by atoms with van der Waals surface area (Å²) in [4.78, 5) is 19.7. The van der Waals surface area contributed by atoms with Crippen molar-refractivity contribution in [2.45, 2.75) is 62.6 Å². The third-order valence-corrected chi connectivity index (χ3v) is 8.00. The lowest BCUT2D eigenvalue weighted by molar-refractivity contribution is -0.126. The summed E-state index contributed by atoms with van der Waals surface area (Å²) in [5, 5.41) is 16.5. The zero-order valence-electron chi connectivity index (χ0n) is 20.0. The Kier molecular flexibility index (Phi) is 7.75. The van der Waals surface area contributed by atoms with Gasteiger partial charge in [0.05, 0.1) is 17.3 Å². The number of likely N-dealkylation sites (tertiary alicyclic amines) is 1. The Morgan fingerprint density at radius 2 is 2.06 bits per heavy atom. The van der Waals surface area contributed by atoms with Gasteiger partial charge in [0.2, 0.25) is 0 Å². The van der Waals surface area contributed by atoms with Crippen LogP contribution in [0.15, 0.2) is 82.4 Å². The average Bonchev–Trinajstić information content (AvgIpc) is 3.46. The molecule has 1 aromatic heterocycles. The number of hydrogen-bond donors (Lipinski definition) is 2. The number of carbonyl (C=O) groups is 1. The van der Waals surface area contributed by atoms with Crippen molar-refractivity contribution in [1.82, 2.24) is 15.2 Å². The van der Waals surface area contributed by atoms with Crippen molar-refractivity contribution in [3.8, 4) is 0 Å². The van der Waals surface area contributed by atoms with Crippen molar-refractivity contribution in [3.05, 3.63) is 93.7 Å². The lowest BCUT2D eigenvalue weighted by Crippen LogP contribution is -2.34. The summed E-state index contributed by atoms with van der Waals surface area (Å²) in [7, 11) is 0. The molecular formula is C29H33N3O2S. The molecule has 4 atom stereocenters. The third-order valence-electron chi connectivity index (χ3n) is 7.39. The Morgan fingerprint density at radius 1 is 1.17 bits per heavy atom. The zero-order chi connectivity index (χ0) is 24.0. The molecule has 5 rings (SSSR count). The van der Waals surface area contributed by atoms with E-state index in [0.717, 1.165) is 68.3 Å². The Balaban J connectivity index is 1.14. The number of nitrogens with zero attached hydrogens (tertiary/aromatic N) is 2. The Labute approximate surface area is 211 Å². The summed E-state index contributed by atoms with van der Waals surface area (Å²) in [5.74, 6) is 0.554. The minimum atomic E-state index is -0.495. The molecule has 35 heavy (non-hydrogen) atoms. The van der Waals surface area contributed by atoms with Gasteiger partial charge in [0.15, 0.2) is 0 Å². The Hall–Kier alpha value is -2.76. The van der Waals surface area contributed by atoms with Crippen LogP contribution in [0.5, 0.6) is 0 Å². The number of carbonyl (C=O) groups excluding carboxylic acids is 1. The van der Waals surface area contributed by atoms with Gasteiger partial charge in [-0.2, -0.15) is 0 Å². The van der Waals surface area contributed by atoms with Crippen LogP contribution in [0, 0.1) is 0 Å². The highest BCUT2D eigenvalue weighted by molar-refractivity contribution is 7.07. The van der Waals surface area contributed by atoms with Crippen LogP contribution in [-0.4, -0.2) is 46.1 Å². The van der Waals surface area contributed by atoms with Gasteiger partial charge in [-0.15, -0.1) is 17.1 Å². The largest absolute Gasteiger partial charge is 0.387 e. The minimum absolute atomic E-state index is 0.0631. The van der Waals surface area contributed by atoms with Gasteiger partial charge in [-0.1, -0.05) is 36.4 Å². The molecule has 2 aliphatic heterocycles. The van der Waals surface area contributed by atoms with Gasteiger partial charge in [-0.05, 0) is 67.9 Å². The van der Waals surface area contributed by atoms with Crippen molar-refractivity contribution in [2.75, 3.05) is 13.1 Å². The van der Waals surface area contributed by atoms with E-state index in [4.69, 9.17) is 0 Å². The van der Waals surface area contributed by atoms with Crippen molar-refractivity contribution >= 4 is 17.2 Å². The molecule has 2 N–H and O–H groups in total. The second-order valence-corrected chi connectivity index (χ2v) is 10.5. The molecule has 2 aromatic rings. The van der Waals surface area contributed by atoms with Gasteiger partial charge < -0.3 is 15.3 Å². The van der Waals surface area contributed by atoms with Gasteiger partial charge in [0, 0.05) is 42.0 Å². The standard InChI is InChI=1S/C29H33N3O2S/c33-28(23-7-2-1-3-8-23)26-14-13-25(31-26)18-21-6-4-9-24(12-11-21)29(34)32-16-5-10-22(15-17-32)27-19-35-20-30-27/h1-4,7-9,11-12,19-20,22,25-26,28,31,33H,5,10,13-18H2. The SMILES string of the molecule is O=C(C1=CC=C=C(CC2CCC(C(O)c3ccccc3)N2)C=C1)N1CCCC(c2cscn2)CC1. The van der Waals surface area contributed by atoms with E-state index in [9.17, 15) is 9.90 Å². The van der Waals surface area contributed by atoms with Gasteiger partial charge >= 0.3 is 0 Å². The van der Waals surface area contributed by atoms with Gasteiger partial charge in [-0.3, -0.25) is 4.79 Å². The summed E-state index contributed by atoms with van der Waals surface area (Å²) >= 11 is 1.64. The van der Waals surface area contributed by atoms with E-state index in [-0.39, 0.29) is 11.9 Å². The monoisotopic (exact) mass is 487 g/mol. The molecule has 3 heterocycles. The highest BCUT2D eigenvalue weighted by Gasteiger charge is 2.30. The fourth-order valence-corrected chi connectivity index (χ4v) is 6.05. The van der Waals surface area contributed by atoms with E-state index in [0.29, 0.717) is 12.0 Å². The number of hydrogen-bond acceptors (Lipinski definition) is 5. The molecule has 0 spiro atoms. The van der Waals surface area contributed by atoms with E-state index >= 15 is 0 Å². The molecule has 3 aliphatic rings. The number of thiazole rings is 1. The number of aliphatic hydroxyl groups excluding tert-OH is 1. The molecular weight excluding hydrogens is 454 g/mol. The smallest absolute Gasteiger partial charge is 0.253 e. The topological polar surface area (TPSA) is 65.5 Å². The van der Waals surface area contributed by atoms with E-state index < -0.39 is 6.10 Å². The van der Waals surface area contributed by atoms with Crippen LogP contribution in [0.25, 0.3) is 0 Å². The molecule has 2 fully saturated rings. The number of aromatic nitrogens is 1. The maximum atomic E-state index is 13.3. The highest BCUT2D eigenvalue weighted by atomic mass is 32.1. The Bertz CT molecular complexity index is 1130. The molecule has 5 nitrogen and oxygen atoms in total. The number of rotatable bonds is 6. The second kappa shape index (κ2) is 11.3. The number of allylic oxidation sites excluding steroid dienone is 2. The van der Waals surface area contributed by atoms with E-state index in [1.807, 2.05) is 65.0 Å². The average molecular weight is 488 g/mol. The van der Waals surface area contributed by atoms with Gasteiger partial charge in [-0.25, -0.2) is 4.98 Å². The van der Waals surface area contributed by atoms with Crippen molar-refractivity contribution in [3.63, 3.8) is 0 Å². The molecule has 6 heteroatoms. The van der Waals surface area contributed by atoms with Gasteiger partial charge in [0.1, 0.15) is 0 Å². The molecule has 1 aliphatic carbocycles. The number of aliphatic hydroxyl groups is 1. The van der Waals surface area contributed by atoms with Crippen LogP contribution in [-0.2, 0) is 4.79 Å². The molecule has 0 saturated carbocycles. The van der Waals surface area contributed by atoms with E-state index in [2.05, 4.69) is 21.4 Å². The summed E-state index contributed by atoms with van der Waals surface area (Å²) < 4.78 is 0. The van der Waals surface area contributed by atoms with Crippen molar-refractivity contribution < 1.29 is 9.90 Å². The van der Waals surface area contributed by atoms with Crippen molar-refractivity contribution in [2.24, 2.45) is 0 Å². The lowest BCUT2D eigenvalue weighted by atomic mass is 9.98. The highest BCUT2D eigenvalue weighted by Crippen LogP contribution is 2.30. The molecule has 0 radical (unpaired) electrons. The van der Waals surface area contributed by atoms with E-state index in [1.165, 1.54) is 5.69 Å². The summed E-state index contributed by atoms with van der Waals surface area (Å²) in [6, 6.07) is 10.2. The first-order valence-electron chi connectivity index (χ1n) is 12.7. The predicted molar refractivity (Wildman–Crippen MR) is 140 cm³/mol. The molecule has 1 aromatic carbocycles. The zero-order valence-corrected chi connectivity index (χ0v) is 20.8. The first-order chi connectivity index (χ1) is 17.2. The number of benzene rings is 1. The third kappa shape index (κ3) is 5.91. The molecule has 1 amide bonds.